The van der Waals surface area contributed by atoms with Gasteiger partial charge in [0.15, 0.2) is 5.78 Å². The lowest BCUT2D eigenvalue weighted by atomic mass is 10.0. The summed E-state index contributed by atoms with van der Waals surface area (Å²) < 4.78 is 5.30. The Kier molecular flexibility index (Phi) is 8.97. The monoisotopic (exact) mass is 558 g/mol. The molecule has 0 bridgehead atoms. The Balaban J connectivity index is 0.00000353. The number of morpholine rings is 1. The van der Waals surface area contributed by atoms with Crippen molar-refractivity contribution in [3.8, 4) is 22.5 Å². The van der Waals surface area contributed by atoms with Crippen molar-refractivity contribution in [2.45, 2.75) is 12.1 Å². The number of fused-ring (bicyclic) bond motifs is 3. The number of aromatic nitrogens is 2. The van der Waals surface area contributed by atoms with Crippen molar-refractivity contribution in [3.05, 3.63) is 59.2 Å². The van der Waals surface area contributed by atoms with Crippen LogP contribution in [0.4, 0.5) is 10.5 Å². The Hall–Kier alpha value is -3.36. The van der Waals surface area contributed by atoms with Gasteiger partial charge in [0.1, 0.15) is 5.69 Å². The number of amides is 2. The Labute approximate surface area is 230 Å². The van der Waals surface area contributed by atoms with Crippen LogP contribution >= 0.6 is 12.4 Å². The van der Waals surface area contributed by atoms with E-state index in [0.717, 1.165) is 11.1 Å². The third kappa shape index (κ3) is 5.68. The maximum Gasteiger partial charge on any atom is 0.333 e. The fourth-order valence-electron chi connectivity index (χ4n) is 4.56. The number of ketones is 1. The van der Waals surface area contributed by atoms with E-state index in [1.807, 2.05) is 30.3 Å². The first kappa shape index (κ1) is 28.6. The van der Waals surface area contributed by atoms with Crippen LogP contribution in [-0.4, -0.2) is 94.0 Å². The molecule has 12 nitrogen and oxygen atoms in total. The number of anilines is 1. The smallest absolute Gasteiger partial charge is 0.333 e. The minimum absolute atomic E-state index is 0. The number of ether oxygens (including phenoxy) is 1. The number of hydrazine groups is 1. The first-order valence-electron chi connectivity index (χ1n) is 12.3. The van der Waals surface area contributed by atoms with Crippen LogP contribution < -0.4 is 16.1 Å². The number of aliphatic hydroxyl groups excluding tert-OH is 3. The molecule has 2 amide bonds. The van der Waals surface area contributed by atoms with E-state index in [0.29, 0.717) is 66.6 Å². The molecule has 0 radical (unpaired) electrons. The average Bonchev–Trinajstić information content (AvgIpc) is 3.51. The number of aliphatic hydroxyl groups is 3. The van der Waals surface area contributed by atoms with Gasteiger partial charge in [0.2, 0.25) is 0 Å². The number of rotatable bonds is 9. The number of benzene rings is 2. The first-order valence-corrected chi connectivity index (χ1v) is 12.3. The number of aromatic amines is 1. The second-order valence-electron chi connectivity index (χ2n) is 9.35. The Bertz CT molecular complexity index is 1310. The third-order valence-corrected chi connectivity index (χ3v) is 6.88. The number of hydrogen-bond acceptors (Lipinski definition) is 9. The van der Waals surface area contributed by atoms with Gasteiger partial charge in [0.25, 0.3) is 0 Å². The zero-order chi connectivity index (χ0) is 26.7. The van der Waals surface area contributed by atoms with Crippen LogP contribution in [0.25, 0.3) is 22.5 Å². The molecule has 1 saturated heterocycles. The molecule has 0 spiro atoms. The van der Waals surface area contributed by atoms with Crippen molar-refractivity contribution in [1.82, 2.24) is 25.9 Å². The van der Waals surface area contributed by atoms with Crippen molar-refractivity contribution in [3.63, 3.8) is 0 Å². The number of H-pyrrole nitrogens is 1. The highest BCUT2D eigenvalue weighted by molar-refractivity contribution is 6.26. The summed E-state index contributed by atoms with van der Waals surface area (Å²) in [6.07, 6.45) is 0. The molecule has 39 heavy (non-hydrogen) atoms. The zero-order valence-electron chi connectivity index (χ0n) is 21.1. The molecule has 2 aliphatic rings. The summed E-state index contributed by atoms with van der Waals surface area (Å²) in [5.74, 6) is -0.231. The number of nitrogens with zero attached hydrogens (tertiary/aromatic N) is 2. The molecule has 13 heteroatoms. The van der Waals surface area contributed by atoms with Crippen LogP contribution in [0.5, 0.6) is 0 Å². The van der Waals surface area contributed by atoms with Gasteiger partial charge in [-0.1, -0.05) is 36.4 Å². The third-order valence-electron chi connectivity index (χ3n) is 6.88. The number of hydrogen-bond donors (Lipinski definition) is 7. The van der Waals surface area contributed by atoms with Crippen molar-refractivity contribution in [1.29, 1.82) is 0 Å². The van der Waals surface area contributed by atoms with E-state index in [4.69, 9.17) is 4.74 Å². The summed E-state index contributed by atoms with van der Waals surface area (Å²) in [7, 11) is 0. The summed E-state index contributed by atoms with van der Waals surface area (Å²) in [5, 5.41) is 43.4. The molecule has 2 heterocycles. The zero-order valence-corrected chi connectivity index (χ0v) is 21.9. The molecule has 7 N–H and O–H groups in total. The van der Waals surface area contributed by atoms with Crippen LogP contribution in [0.3, 0.4) is 0 Å². The van der Waals surface area contributed by atoms with E-state index in [9.17, 15) is 24.9 Å². The highest BCUT2D eigenvalue weighted by atomic mass is 35.5. The summed E-state index contributed by atoms with van der Waals surface area (Å²) >= 11 is 0. The van der Waals surface area contributed by atoms with E-state index in [1.165, 1.54) is 0 Å². The van der Waals surface area contributed by atoms with Crippen molar-refractivity contribution < 1.29 is 29.6 Å². The van der Waals surface area contributed by atoms with Gasteiger partial charge in [-0.05, 0) is 11.6 Å². The molecular formula is C26H31ClN6O6. The second kappa shape index (κ2) is 12.2. The van der Waals surface area contributed by atoms with E-state index in [1.54, 1.807) is 17.1 Å². The van der Waals surface area contributed by atoms with E-state index in [2.05, 4.69) is 26.3 Å². The van der Waals surface area contributed by atoms with Gasteiger partial charge in [-0.2, -0.15) is 5.10 Å². The minimum atomic E-state index is -1.18. The van der Waals surface area contributed by atoms with Crippen molar-refractivity contribution in [2.75, 3.05) is 51.4 Å². The van der Waals surface area contributed by atoms with Gasteiger partial charge in [-0.15, -0.1) is 12.4 Å². The van der Waals surface area contributed by atoms with Crippen LogP contribution in [0.2, 0.25) is 0 Å². The number of nitrogens with one attached hydrogen (secondary N) is 4. The van der Waals surface area contributed by atoms with Crippen molar-refractivity contribution >= 4 is 29.9 Å². The van der Waals surface area contributed by atoms with Crippen molar-refractivity contribution in [2.24, 2.45) is 0 Å². The Morgan fingerprint density at radius 3 is 2.38 bits per heavy atom. The number of carbonyl (C=O) groups excluding carboxylic acids is 2. The van der Waals surface area contributed by atoms with Crippen LogP contribution in [-0.2, 0) is 11.3 Å². The van der Waals surface area contributed by atoms with Gasteiger partial charge in [0.05, 0.1) is 61.1 Å². The highest BCUT2D eigenvalue weighted by Gasteiger charge is 2.35. The fourth-order valence-corrected chi connectivity index (χ4v) is 4.56. The highest BCUT2D eigenvalue weighted by Crippen LogP contribution is 2.42. The molecule has 0 atom stereocenters. The normalized spacial score (nSPS) is 14.9. The first-order chi connectivity index (χ1) is 18.5. The summed E-state index contributed by atoms with van der Waals surface area (Å²) in [6.45, 7) is 1.32. The Morgan fingerprint density at radius 1 is 1.03 bits per heavy atom. The molecular weight excluding hydrogens is 528 g/mol. The topological polar surface area (TPSA) is 172 Å². The molecule has 208 valence electrons. The maximum atomic E-state index is 13.6. The largest absolute Gasteiger partial charge is 0.394 e. The standard InChI is InChI=1S/C26H30N6O6.ClH/c33-13-26(14-34,15-35)27-12-16-4-6-17(7-5-16)22-21-23(30-29-22)18-2-1-3-19(20(18)24(21)36)28-25(37)31-32-8-10-38-11-9-32;/h1-7,27,33-35H,8-15H2,(H,29,30)(H2,28,31,37);1H. The predicted octanol–water partition coefficient (Wildman–Crippen LogP) is 0.884. The van der Waals surface area contributed by atoms with Gasteiger partial charge in [-0.3, -0.25) is 15.3 Å². The SMILES string of the molecule is Cl.O=C(Nc1cccc2c1C(=O)c1c(-c3ccc(CNC(CO)(CO)CO)cc3)n[nH]c1-2)NN1CCOCC1. The van der Waals surface area contributed by atoms with Gasteiger partial charge in [0, 0.05) is 30.8 Å². The molecule has 2 aromatic carbocycles. The summed E-state index contributed by atoms with van der Waals surface area (Å²) in [5.41, 5.74) is 6.22. The molecule has 0 unspecified atom stereocenters. The summed E-state index contributed by atoms with van der Waals surface area (Å²) in [6, 6.07) is 12.2. The fraction of sp³-hybridized carbons (Fsp3) is 0.346. The van der Waals surface area contributed by atoms with Gasteiger partial charge in [-0.25, -0.2) is 9.80 Å². The molecule has 1 fully saturated rings. The van der Waals surface area contributed by atoms with Crippen LogP contribution in [0, 0.1) is 0 Å². The quantitative estimate of drug-likeness (QED) is 0.157. The maximum absolute atomic E-state index is 13.6. The molecule has 3 aromatic rings. The second-order valence-corrected chi connectivity index (χ2v) is 9.35. The van der Waals surface area contributed by atoms with E-state index in [-0.39, 0.29) is 18.2 Å². The Morgan fingerprint density at radius 2 is 1.72 bits per heavy atom. The van der Waals surface area contributed by atoms with E-state index < -0.39 is 31.4 Å². The van der Waals surface area contributed by atoms with Gasteiger partial charge >= 0.3 is 6.03 Å². The molecule has 1 aromatic heterocycles. The molecule has 1 aliphatic heterocycles. The number of halogens is 1. The molecule has 5 rings (SSSR count). The van der Waals surface area contributed by atoms with Crippen LogP contribution in [0.1, 0.15) is 21.5 Å². The minimum Gasteiger partial charge on any atom is -0.394 e. The van der Waals surface area contributed by atoms with Gasteiger partial charge < -0.3 is 30.7 Å². The average molecular weight is 559 g/mol. The molecule has 0 saturated carbocycles. The number of carbonyl (C=O) groups is 2. The summed E-state index contributed by atoms with van der Waals surface area (Å²) in [4.78, 5) is 26.2. The lowest BCUT2D eigenvalue weighted by molar-refractivity contribution is 0.0207. The molecule has 1 aliphatic carbocycles. The van der Waals surface area contributed by atoms with Crippen LogP contribution in [0.15, 0.2) is 42.5 Å². The lowest BCUT2D eigenvalue weighted by Gasteiger charge is -2.28. The lowest BCUT2D eigenvalue weighted by Crippen LogP contribution is -2.54. The predicted molar refractivity (Wildman–Crippen MR) is 146 cm³/mol. The van der Waals surface area contributed by atoms with E-state index >= 15 is 0 Å². The number of urea groups is 1.